The summed E-state index contributed by atoms with van der Waals surface area (Å²) < 4.78 is 5.81. The van der Waals surface area contributed by atoms with Gasteiger partial charge in [-0.25, -0.2) is 4.79 Å². The molecule has 1 heterocycles. The molecule has 118 valence electrons. The molecule has 0 unspecified atom stereocenters. The average molecular weight is 360 g/mol. The van der Waals surface area contributed by atoms with Crippen LogP contribution in [0.2, 0.25) is 10.0 Å². The second kappa shape index (κ2) is 7.81. The average Bonchev–Trinajstić information content (AvgIpc) is 2.81. The van der Waals surface area contributed by atoms with Crippen molar-refractivity contribution in [3.63, 3.8) is 0 Å². The van der Waals surface area contributed by atoms with E-state index >= 15 is 0 Å². The van der Waals surface area contributed by atoms with E-state index in [1.54, 1.807) is 18.2 Å². The lowest BCUT2D eigenvalue weighted by Crippen LogP contribution is -2.29. The fourth-order valence-electron chi connectivity index (χ4n) is 1.82. The topological polar surface area (TPSA) is 55.4 Å². The molecule has 0 aliphatic rings. The predicted molar refractivity (Wildman–Crippen MR) is 90.0 cm³/mol. The van der Waals surface area contributed by atoms with Gasteiger partial charge < -0.3 is 10.1 Å². The lowest BCUT2D eigenvalue weighted by Gasteiger charge is -2.05. The SMILES string of the molecule is CCCCNC(=O)COC(=O)c1sc2cc(Cl)ccc2c1Cl. The normalized spacial score (nSPS) is 10.7. The van der Waals surface area contributed by atoms with Gasteiger partial charge in [0, 0.05) is 21.7 Å². The number of halogens is 2. The number of nitrogens with one attached hydrogen (secondary N) is 1. The number of benzene rings is 1. The fraction of sp³-hybridized carbons (Fsp3) is 0.333. The number of carbonyl (C=O) groups is 2. The van der Waals surface area contributed by atoms with Gasteiger partial charge in [0.05, 0.1) is 5.02 Å². The monoisotopic (exact) mass is 359 g/mol. The van der Waals surface area contributed by atoms with E-state index in [1.807, 2.05) is 6.92 Å². The number of fused-ring (bicyclic) bond motifs is 1. The van der Waals surface area contributed by atoms with E-state index in [0.717, 1.165) is 22.9 Å². The molecule has 2 rings (SSSR count). The van der Waals surface area contributed by atoms with Crippen molar-refractivity contribution in [3.8, 4) is 0 Å². The van der Waals surface area contributed by atoms with Gasteiger partial charge in [-0.2, -0.15) is 0 Å². The van der Waals surface area contributed by atoms with E-state index in [-0.39, 0.29) is 17.4 Å². The van der Waals surface area contributed by atoms with E-state index in [9.17, 15) is 9.59 Å². The minimum atomic E-state index is -0.604. The van der Waals surface area contributed by atoms with E-state index < -0.39 is 5.97 Å². The van der Waals surface area contributed by atoms with E-state index in [0.29, 0.717) is 16.6 Å². The molecule has 0 spiro atoms. The second-order valence-electron chi connectivity index (χ2n) is 4.67. The highest BCUT2D eigenvalue weighted by Crippen LogP contribution is 2.37. The molecule has 2 aromatic rings. The lowest BCUT2D eigenvalue weighted by molar-refractivity contribution is -0.124. The summed E-state index contributed by atoms with van der Waals surface area (Å²) in [7, 11) is 0. The Bertz CT molecular complexity index is 699. The van der Waals surface area contributed by atoms with Crippen LogP contribution in [0.1, 0.15) is 29.4 Å². The molecule has 0 aliphatic heterocycles. The third-order valence-electron chi connectivity index (χ3n) is 2.96. The Morgan fingerprint density at radius 2 is 2.09 bits per heavy atom. The highest BCUT2D eigenvalue weighted by Gasteiger charge is 2.19. The molecule has 0 atom stereocenters. The molecule has 0 fully saturated rings. The largest absolute Gasteiger partial charge is 0.451 e. The summed E-state index contributed by atoms with van der Waals surface area (Å²) in [6.45, 7) is 2.30. The summed E-state index contributed by atoms with van der Waals surface area (Å²) in [4.78, 5) is 23.8. The number of esters is 1. The summed E-state index contributed by atoms with van der Waals surface area (Å²) in [6, 6.07) is 5.20. The summed E-state index contributed by atoms with van der Waals surface area (Å²) >= 11 is 13.3. The first-order valence-electron chi connectivity index (χ1n) is 6.84. The van der Waals surface area contributed by atoms with Crippen molar-refractivity contribution in [2.75, 3.05) is 13.2 Å². The molecule has 1 aromatic carbocycles. The van der Waals surface area contributed by atoms with E-state index in [4.69, 9.17) is 27.9 Å². The van der Waals surface area contributed by atoms with Crippen LogP contribution >= 0.6 is 34.5 Å². The van der Waals surface area contributed by atoms with Crippen molar-refractivity contribution < 1.29 is 14.3 Å². The number of amides is 1. The van der Waals surface area contributed by atoms with Crippen LogP contribution in [0.4, 0.5) is 0 Å². The fourth-order valence-corrected chi connectivity index (χ4v) is 3.50. The Morgan fingerprint density at radius 3 is 2.82 bits per heavy atom. The molecule has 1 amide bonds. The molecule has 4 nitrogen and oxygen atoms in total. The second-order valence-corrected chi connectivity index (χ2v) is 6.53. The number of unbranched alkanes of at least 4 members (excludes halogenated alkanes) is 1. The number of carbonyl (C=O) groups excluding carboxylic acids is 2. The van der Waals surface area contributed by atoms with Gasteiger partial charge in [0.25, 0.3) is 5.91 Å². The zero-order valence-electron chi connectivity index (χ0n) is 11.9. The number of hydrogen-bond donors (Lipinski definition) is 1. The molecular weight excluding hydrogens is 345 g/mol. The van der Waals surface area contributed by atoms with Gasteiger partial charge in [0.15, 0.2) is 6.61 Å². The van der Waals surface area contributed by atoms with Gasteiger partial charge in [0.1, 0.15) is 4.88 Å². The highest BCUT2D eigenvalue weighted by molar-refractivity contribution is 7.21. The van der Waals surface area contributed by atoms with Crippen molar-refractivity contribution >= 4 is 56.5 Å². The van der Waals surface area contributed by atoms with Crippen LogP contribution < -0.4 is 5.32 Å². The van der Waals surface area contributed by atoms with Crippen molar-refractivity contribution in [2.45, 2.75) is 19.8 Å². The molecule has 0 radical (unpaired) electrons. The van der Waals surface area contributed by atoms with Gasteiger partial charge in [-0.05, 0) is 18.6 Å². The van der Waals surface area contributed by atoms with Crippen molar-refractivity contribution in [2.24, 2.45) is 0 Å². The standard InChI is InChI=1S/C15H15Cl2NO3S/c1-2-3-6-18-12(19)8-21-15(20)14-13(17)10-5-4-9(16)7-11(10)22-14/h4-5,7H,2-3,6,8H2,1H3,(H,18,19). The summed E-state index contributed by atoms with van der Waals surface area (Å²) in [5.74, 6) is -0.921. The molecule has 0 saturated heterocycles. The maximum absolute atomic E-state index is 12.0. The van der Waals surface area contributed by atoms with Gasteiger partial charge in [-0.1, -0.05) is 42.6 Å². The molecule has 22 heavy (non-hydrogen) atoms. The van der Waals surface area contributed by atoms with Crippen LogP contribution in [-0.2, 0) is 9.53 Å². The first kappa shape index (κ1) is 17.1. The Labute approximate surface area is 142 Å². The highest BCUT2D eigenvalue weighted by atomic mass is 35.5. The van der Waals surface area contributed by atoms with Crippen LogP contribution in [0.25, 0.3) is 10.1 Å². The quantitative estimate of drug-likeness (QED) is 0.618. The van der Waals surface area contributed by atoms with E-state index in [2.05, 4.69) is 5.32 Å². The molecule has 1 aromatic heterocycles. The molecule has 7 heteroatoms. The van der Waals surface area contributed by atoms with Gasteiger partial charge >= 0.3 is 5.97 Å². The van der Waals surface area contributed by atoms with Crippen LogP contribution in [0.3, 0.4) is 0 Å². The van der Waals surface area contributed by atoms with Crippen LogP contribution in [-0.4, -0.2) is 25.0 Å². The first-order chi connectivity index (χ1) is 10.5. The summed E-state index contributed by atoms with van der Waals surface area (Å²) in [6.07, 6.45) is 1.88. The van der Waals surface area contributed by atoms with Crippen LogP contribution in [0, 0.1) is 0 Å². The van der Waals surface area contributed by atoms with Gasteiger partial charge in [-0.15, -0.1) is 11.3 Å². The van der Waals surface area contributed by atoms with Gasteiger partial charge in [0.2, 0.25) is 0 Å². The molecular formula is C15H15Cl2NO3S. The van der Waals surface area contributed by atoms with E-state index in [1.165, 1.54) is 11.3 Å². The maximum atomic E-state index is 12.0. The molecule has 0 aliphatic carbocycles. The van der Waals surface area contributed by atoms with Crippen molar-refractivity contribution in [1.29, 1.82) is 0 Å². The Morgan fingerprint density at radius 1 is 1.32 bits per heavy atom. The minimum absolute atomic E-state index is 0.278. The molecule has 1 N–H and O–H groups in total. The molecule has 0 bridgehead atoms. The number of thiophene rings is 1. The Hall–Kier alpha value is -1.30. The number of ether oxygens (including phenoxy) is 1. The first-order valence-corrected chi connectivity index (χ1v) is 8.41. The zero-order valence-corrected chi connectivity index (χ0v) is 14.3. The maximum Gasteiger partial charge on any atom is 0.350 e. The summed E-state index contributed by atoms with van der Waals surface area (Å²) in [5, 5.41) is 4.32. The summed E-state index contributed by atoms with van der Waals surface area (Å²) in [5.41, 5.74) is 0. The van der Waals surface area contributed by atoms with Crippen molar-refractivity contribution in [1.82, 2.24) is 5.32 Å². The predicted octanol–water partition coefficient (Wildman–Crippen LogP) is 4.28. The Kier molecular flexibility index (Phi) is 6.06. The third kappa shape index (κ3) is 4.12. The third-order valence-corrected chi connectivity index (χ3v) is 4.84. The molecule has 0 saturated carbocycles. The van der Waals surface area contributed by atoms with Crippen LogP contribution in [0.15, 0.2) is 18.2 Å². The Balaban J connectivity index is 2.01. The smallest absolute Gasteiger partial charge is 0.350 e. The lowest BCUT2D eigenvalue weighted by atomic mass is 10.2. The minimum Gasteiger partial charge on any atom is -0.451 e. The van der Waals surface area contributed by atoms with Crippen LogP contribution in [0.5, 0.6) is 0 Å². The number of rotatable bonds is 6. The van der Waals surface area contributed by atoms with Crippen molar-refractivity contribution in [3.05, 3.63) is 33.1 Å². The zero-order chi connectivity index (χ0) is 16.1. The number of hydrogen-bond acceptors (Lipinski definition) is 4. The van der Waals surface area contributed by atoms with Gasteiger partial charge in [-0.3, -0.25) is 4.79 Å².